The standard InChI is InChI=1S/C22H19Cl2NO4/c23-18-9-4-10-19(24)17(18)12-29-22(28)13-5-3-6-14(11-13)25-20(26)15-7-1-2-8-16(15)21(25)27/h3-6,9-11,15-16H,1-2,7-8,12H2. The van der Waals surface area contributed by atoms with Gasteiger partial charge in [-0.3, -0.25) is 14.5 Å². The first-order chi connectivity index (χ1) is 14.0. The second-order valence-electron chi connectivity index (χ2n) is 7.34. The van der Waals surface area contributed by atoms with E-state index in [0.717, 1.165) is 25.7 Å². The number of hydrogen-bond acceptors (Lipinski definition) is 4. The number of ether oxygens (including phenoxy) is 1. The highest BCUT2D eigenvalue weighted by Crippen LogP contribution is 2.40. The molecule has 1 heterocycles. The molecule has 5 nitrogen and oxygen atoms in total. The SMILES string of the molecule is O=C(OCc1c(Cl)cccc1Cl)c1cccc(N2C(=O)C3CCCCC3C2=O)c1. The lowest BCUT2D eigenvalue weighted by atomic mass is 9.81. The van der Waals surface area contributed by atoms with E-state index in [0.29, 0.717) is 21.3 Å². The van der Waals surface area contributed by atoms with Crippen molar-refractivity contribution in [3.8, 4) is 0 Å². The van der Waals surface area contributed by atoms with Crippen LogP contribution in [0.1, 0.15) is 41.6 Å². The maximum Gasteiger partial charge on any atom is 0.338 e. The van der Waals surface area contributed by atoms with Gasteiger partial charge in [0.15, 0.2) is 0 Å². The Labute approximate surface area is 178 Å². The van der Waals surface area contributed by atoms with Gasteiger partial charge >= 0.3 is 5.97 Å². The lowest BCUT2D eigenvalue weighted by Crippen LogP contribution is -2.31. The Balaban J connectivity index is 1.52. The summed E-state index contributed by atoms with van der Waals surface area (Å²) in [4.78, 5) is 39.3. The summed E-state index contributed by atoms with van der Waals surface area (Å²) < 4.78 is 5.35. The molecule has 1 saturated carbocycles. The Kier molecular flexibility index (Phi) is 5.61. The Hall–Kier alpha value is -2.37. The molecule has 150 valence electrons. The molecule has 0 aromatic heterocycles. The molecular formula is C22H19Cl2NO4. The van der Waals surface area contributed by atoms with E-state index >= 15 is 0 Å². The molecule has 0 bridgehead atoms. The predicted octanol–water partition coefficient (Wildman–Crippen LogP) is 5.03. The van der Waals surface area contributed by atoms with Gasteiger partial charge in [0.1, 0.15) is 6.61 Å². The van der Waals surface area contributed by atoms with Crippen molar-refractivity contribution < 1.29 is 19.1 Å². The fraction of sp³-hybridized carbons (Fsp3) is 0.318. The van der Waals surface area contributed by atoms with E-state index in [4.69, 9.17) is 27.9 Å². The van der Waals surface area contributed by atoms with Gasteiger partial charge in [-0.15, -0.1) is 0 Å². The van der Waals surface area contributed by atoms with Gasteiger partial charge in [0, 0.05) is 15.6 Å². The number of halogens is 2. The number of amides is 2. The predicted molar refractivity (Wildman–Crippen MR) is 110 cm³/mol. The zero-order chi connectivity index (χ0) is 20.5. The summed E-state index contributed by atoms with van der Waals surface area (Å²) in [5, 5.41) is 0.824. The Morgan fingerprint density at radius 1 is 0.966 bits per heavy atom. The molecule has 1 saturated heterocycles. The topological polar surface area (TPSA) is 63.7 Å². The molecule has 1 aliphatic heterocycles. The molecule has 4 rings (SSSR count). The van der Waals surface area contributed by atoms with Crippen LogP contribution in [0.25, 0.3) is 0 Å². The third kappa shape index (κ3) is 3.77. The van der Waals surface area contributed by atoms with Crippen LogP contribution in [0, 0.1) is 11.8 Å². The minimum Gasteiger partial charge on any atom is -0.457 e. The minimum atomic E-state index is -0.584. The Morgan fingerprint density at radius 2 is 1.55 bits per heavy atom. The van der Waals surface area contributed by atoms with E-state index in [1.165, 1.54) is 11.0 Å². The van der Waals surface area contributed by atoms with Crippen molar-refractivity contribution >= 4 is 46.7 Å². The van der Waals surface area contributed by atoms with Crippen LogP contribution in [0.3, 0.4) is 0 Å². The van der Waals surface area contributed by atoms with E-state index < -0.39 is 5.97 Å². The van der Waals surface area contributed by atoms with Gasteiger partial charge < -0.3 is 4.74 Å². The minimum absolute atomic E-state index is 0.0761. The van der Waals surface area contributed by atoms with E-state index in [1.807, 2.05) is 0 Å². The molecule has 0 N–H and O–H groups in total. The number of carbonyl (C=O) groups excluding carboxylic acids is 3. The van der Waals surface area contributed by atoms with Crippen molar-refractivity contribution in [1.29, 1.82) is 0 Å². The summed E-state index contributed by atoms with van der Waals surface area (Å²) in [5.74, 6) is -1.41. The van der Waals surface area contributed by atoms with Crippen LogP contribution >= 0.6 is 23.2 Å². The molecule has 1 aliphatic carbocycles. The smallest absolute Gasteiger partial charge is 0.338 e. The first-order valence-electron chi connectivity index (χ1n) is 9.55. The molecule has 7 heteroatoms. The molecule has 29 heavy (non-hydrogen) atoms. The summed E-state index contributed by atoms with van der Waals surface area (Å²) >= 11 is 12.2. The Morgan fingerprint density at radius 3 is 2.17 bits per heavy atom. The molecule has 2 amide bonds. The molecule has 2 atom stereocenters. The number of carbonyl (C=O) groups is 3. The zero-order valence-electron chi connectivity index (χ0n) is 15.6. The van der Waals surface area contributed by atoms with Gasteiger partial charge in [0.05, 0.1) is 23.1 Å². The molecule has 2 aliphatic rings. The summed E-state index contributed by atoms with van der Waals surface area (Å²) in [7, 11) is 0. The lowest BCUT2D eigenvalue weighted by Gasteiger charge is -2.19. The van der Waals surface area contributed by atoms with E-state index in [1.54, 1.807) is 36.4 Å². The third-order valence-corrected chi connectivity index (χ3v) is 6.30. The van der Waals surface area contributed by atoms with Gasteiger partial charge in [-0.25, -0.2) is 4.79 Å². The highest BCUT2D eigenvalue weighted by atomic mass is 35.5. The lowest BCUT2D eigenvalue weighted by molar-refractivity contribution is -0.122. The summed E-state index contributed by atoms with van der Waals surface area (Å²) in [6.45, 7) is -0.0761. The Bertz CT molecular complexity index is 946. The van der Waals surface area contributed by atoms with E-state index in [9.17, 15) is 14.4 Å². The van der Waals surface area contributed by atoms with Gasteiger partial charge in [-0.2, -0.15) is 0 Å². The molecule has 2 aromatic rings. The van der Waals surface area contributed by atoms with Gasteiger partial charge in [0.2, 0.25) is 11.8 Å². The average molecular weight is 432 g/mol. The molecule has 2 unspecified atom stereocenters. The highest BCUT2D eigenvalue weighted by Gasteiger charge is 2.48. The van der Waals surface area contributed by atoms with E-state index in [-0.39, 0.29) is 35.8 Å². The first-order valence-corrected chi connectivity index (χ1v) is 10.3. The number of imide groups is 1. The summed E-state index contributed by atoms with van der Waals surface area (Å²) in [6.07, 6.45) is 3.41. The molecular weight excluding hydrogens is 413 g/mol. The highest BCUT2D eigenvalue weighted by molar-refractivity contribution is 6.36. The molecule has 2 fully saturated rings. The van der Waals surface area contributed by atoms with Gasteiger partial charge in [-0.05, 0) is 43.2 Å². The average Bonchev–Trinajstić information content (AvgIpc) is 2.98. The van der Waals surface area contributed by atoms with Crippen LogP contribution < -0.4 is 4.90 Å². The van der Waals surface area contributed by atoms with Crippen molar-refractivity contribution in [3.05, 3.63) is 63.6 Å². The van der Waals surface area contributed by atoms with Crippen LogP contribution in [0.4, 0.5) is 5.69 Å². The van der Waals surface area contributed by atoms with Crippen molar-refractivity contribution in [2.75, 3.05) is 4.90 Å². The summed E-state index contributed by atoms with van der Waals surface area (Å²) in [5.41, 5.74) is 1.18. The normalized spacial score (nSPS) is 21.2. The van der Waals surface area contributed by atoms with Gasteiger partial charge in [0.25, 0.3) is 0 Å². The number of rotatable bonds is 4. The largest absolute Gasteiger partial charge is 0.457 e. The van der Waals surface area contributed by atoms with Crippen LogP contribution in [0.2, 0.25) is 10.0 Å². The first kappa shape index (κ1) is 19.9. The van der Waals surface area contributed by atoms with E-state index in [2.05, 4.69) is 0 Å². The second-order valence-corrected chi connectivity index (χ2v) is 8.15. The molecule has 0 spiro atoms. The van der Waals surface area contributed by atoms with Crippen LogP contribution in [0.15, 0.2) is 42.5 Å². The maximum atomic E-state index is 12.8. The van der Waals surface area contributed by atoms with Crippen molar-refractivity contribution in [1.82, 2.24) is 0 Å². The fourth-order valence-electron chi connectivity index (χ4n) is 4.08. The maximum absolute atomic E-state index is 12.8. The van der Waals surface area contributed by atoms with Crippen molar-refractivity contribution in [2.45, 2.75) is 32.3 Å². The number of fused-ring (bicyclic) bond motifs is 1. The third-order valence-electron chi connectivity index (χ3n) is 5.59. The number of esters is 1. The molecule has 0 radical (unpaired) electrons. The fourth-order valence-corrected chi connectivity index (χ4v) is 4.59. The van der Waals surface area contributed by atoms with Crippen LogP contribution in [0.5, 0.6) is 0 Å². The number of anilines is 1. The summed E-state index contributed by atoms with van der Waals surface area (Å²) in [6, 6.07) is 11.4. The zero-order valence-corrected chi connectivity index (χ0v) is 17.1. The van der Waals surface area contributed by atoms with Crippen molar-refractivity contribution in [2.24, 2.45) is 11.8 Å². The number of benzene rings is 2. The monoisotopic (exact) mass is 431 g/mol. The molecule has 2 aromatic carbocycles. The second kappa shape index (κ2) is 8.17. The van der Waals surface area contributed by atoms with Crippen LogP contribution in [-0.2, 0) is 20.9 Å². The van der Waals surface area contributed by atoms with Crippen LogP contribution in [-0.4, -0.2) is 17.8 Å². The van der Waals surface area contributed by atoms with Crippen molar-refractivity contribution in [3.63, 3.8) is 0 Å². The number of hydrogen-bond donors (Lipinski definition) is 0. The van der Waals surface area contributed by atoms with Gasteiger partial charge in [-0.1, -0.05) is 48.2 Å². The number of nitrogens with zero attached hydrogens (tertiary/aromatic N) is 1. The quantitative estimate of drug-likeness (QED) is 0.502.